The lowest BCUT2D eigenvalue weighted by Gasteiger charge is -2.36. The van der Waals surface area contributed by atoms with Crippen LogP contribution in [0.15, 0.2) is 0 Å². The van der Waals surface area contributed by atoms with E-state index in [4.69, 9.17) is 0 Å². The van der Waals surface area contributed by atoms with E-state index in [1.54, 1.807) is 0 Å². The van der Waals surface area contributed by atoms with Crippen LogP contribution >= 0.6 is 0 Å². The molecule has 1 atom stereocenters. The van der Waals surface area contributed by atoms with Crippen LogP contribution in [-0.4, -0.2) is 47.2 Å². The maximum absolute atomic E-state index is 11.5. The predicted octanol–water partition coefficient (Wildman–Crippen LogP) is 2.48. The molecule has 0 radical (unpaired) electrons. The number of nitrogens with one attached hydrogen (secondary N) is 1. The van der Waals surface area contributed by atoms with Gasteiger partial charge in [-0.25, -0.2) is 0 Å². The summed E-state index contributed by atoms with van der Waals surface area (Å²) in [6, 6.07) is 1.07. The topological polar surface area (TPSA) is 52.6 Å². The molecular weight excluding hydrogens is 252 g/mol. The highest BCUT2D eigenvalue weighted by Crippen LogP contribution is 2.28. The Labute approximate surface area is 122 Å². The van der Waals surface area contributed by atoms with Gasteiger partial charge >= 0.3 is 5.97 Å². The first kappa shape index (κ1) is 15.8. The first-order chi connectivity index (χ1) is 9.40. The number of nitrogens with zero attached hydrogens (tertiary/aromatic N) is 1. The Morgan fingerprint density at radius 1 is 1.25 bits per heavy atom. The predicted molar refractivity (Wildman–Crippen MR) is 80.9 cm³/mol. The molecule has 0 aromatic rings. The van der Waals surface area contributed by atoms with Crippen LogP contribution in [0.4, 0.5) is 0 Å². The molecule has 4 nitrogen and oxygen atoms in total. The van der Waals surface area contributed by atoms with Gasteiger partial charge in [-0.2, -0.15) is 0 Å². The van der Waals surface area contributed by atoms with Gasteiger partial charge in [0, 0.05) is 18.6 Å². The van der Waals surface area contributed by atoms with E-state index < -0.39 is 11.5 Å². The number of carboxylic acids is 1. The zero-order chi connectivity index (χ0) is 14.8. The van der Waals surface area contributed by atoms with Crippen LogP contribution in [0.2, 0.25) is 0 Å². The maximum atomic E-state index is 11.5. The van der Waals surface area contributed by atoms with Crippen molar-refractivity contribution in [1.29, 1.82) is 0 Å². The Hall–Kier alpha value is -0.610. The van der Waals surface area contributed by atoms with Gasteiger partial charge in [0.25, 0.3) is 0 Å². The van der Waals surface area contributed by atoms with E-state index in [-0.39, 0.29) is 0 Å². The molecule has 2 aliphatic rings. The minimum absolute atomic E-state index is 0.428. The van der Waals surface area contributed by atoms with Crippen molar-refractivity contribution in [2.24, 2.45) is 5.92 Å². The van der Waals surface area contributed by atoms with Crippen molar-refractivity contribution in [3.8, 4) is 0 Å². The molecule has 0 aliphatic heterocycles. The Bertz CT molecular complexity index is 335. The second-order valence-corrected chi connectivity index (χ2v) is 7.20. The summed E-state index contributed by atoms with van der Waals surface area (Å²) >= 11 is 0. The van der Waals surface area contributed by atoms with Crippen molar-refractivity contribution in [3.05, 3.63) is 0 Å². The second kappa shape index (κ2) is 6.44. The molecule has 116 valence electrons. The van der Waals surface area contributed by atoms with Gasteiger partial charge < -0.3 is 10.0 Å². The minimum Gasteiger partial charge on any atom is -0.480 e. The third-order valence-electron chi connectivity index (χ3n) is 5.15. The molecule has 2 fully saturated rings. The fraction of sp³-hybridized carbons (Fsp3) is 0.938. The number of carboxylic acid groups (broad SMARTS) is 1. The Morgan fingerprint density at radius 3 is 2.35 bits per heavy atom. The molecule has 2 N–H and O–H groups in total. The number of rotatable bonds is 7. The van der Waals surface area contributed by atoms with Crippen LogP contribution in [-0.2, 0) is 4.79 Å². The molecule has 0 spiro atoms. The zero-order valence-electron chi connectivity index (χ0n) is 13.2. The van der Waals surface area contributed by atoms with E-state index in [9.17, 15) is 9.90 Å². The highest BCUT2D eigenvalue weighted by molar-refractivity contribution is 5.78. The average molecular weight is 282 g/mol. The standard InChI is InChI=1S/C16H30N2O2/c1-12-4-8-14(9-5-12)18(3)11-10-16(2,15(19)20)17-13-6-7-13/h12-14,17H,4-11H2,1-3H3,(H,19,20). The fourth-order valence-corrected chi connectivity index (χ4v) is 3.18. The largest absolute Gasteiger partial charge is 0.480 e. The van der Waals surface area contributed by atoms with E-state index in [0.29, 0.717) is 18.5 Å². The van der Waals surface area contributed by atoms with E-state index >= 15 is 0 Å². The summed E-state index contributed by atoms with van der Waals surface area (Å²) in [4.78, 5) is 13.9. The summed E-state index contributed by atoms with van der Waals surface area (Å²) in [5, 5.41) is 12.8. The Balaban J connectivity index is 1.80. The molecule has 0 aromatic carbocycles. The van der Waals surface area contributed by atoms with Gasteiger partial charge in [0.05, 0.1) is 0 Å². The van der Waals surface area contributed by atoms with Gasteiger partial charge in [0.2, 0.25) is 0 Å². The number of hydrogen-bond donors (Lipinski definition) is 2. The van der Waals surface area contributed by atoms with Crippen molar-refractivity contribution >= 4 is 5.97 Å². The smallest absolute Gasteiger partial charge is 0.323 e. The molecule has 20 heavy (non-hydrogen) atoms. The molecule has 0 saturated heterocycles. The van der Waals surface area contributed by atoms with E-state index in [0.717, 1.165) is 25.3 Å². The van der Waals surface area contributed by atoms with Gasteiger partial charge in [0.15, 0.2) is 0 Å². The van der Waals surface area contributed by atoms with Gasteiger partial charge in [-0.1, -0.05) is 6.92 Å². The van der Waals surface area contributed by atoms with E-state index in [1.165, 1.54) is 25.7 Å². The quantitative estimate of drug-likeness (QED) is 0.753. The molecule has 2 rings (SSSR count). The first-order valence-corrected chi connectivity index (χ1v) is 8.12. The van der Waals surface area contributed by atoms with Gasteiger partial charge in [-0.3, -0.25) is 10.1 Å². The SMILES string of the molecule is CC1CCC(N(C)CCC(C)(NC2CC2)C(=O)O)CC1. The monoisotopic (exact) mass is 282 g/mol. The van der Waals surface area contributed by atoms with Crippen molar-refractivity contribution < 1.29 is 9.90 Å². The van der Waals surface area contributed by atoms with Gasteiger partial charge in [-0.05, 0) is 64.8 Å². The molecule has 0 amide bonds. The normalized spacial score (nSPS) is 30.2. The van der Waals surface area contributed by atoms with Crippen LogP contribution in [0.5, 0.6) is 0 Å². The summed E-state index contributed by atoms with van der Waals surface area (Å²) in [5.74, 6) is 0.149. The van der Waals surface area contributed by atoms with Crippen molar-refractivity contribution in [2.75, 3.05) is 13.6 Å². The summed E-state index contributed by atoms with van der Waals surface area (Å²) < 4.78 is 0. The van der Waals surface area contributed by atoms with Crippen LogP contribution in [0.3, 0.4) is 0 Å². The van der Waals surface area contributed by atoms with Gasteiger partial charge in [-0.15, -0.1) is 0 Å². The number of aliphatic carboxylic acids is 1. The lowest BCUT2D eigenvalue weighted by Crippen LogP contribution is -2.52. The van der Waals surface area contributed by atoms with Crippen molar-refractivity contribution in [2.45, 2.75) is 76.4 Å². The minimum atomic E-state index is -0.766. The third-order valence-corrected chi connectivity index (χ3v) is 5.15. The maximum Gasteiger partial charge on any atom is 0.323 e. The lowest BCUT2D eigenvalue weighted by molar-refractivity contribution is -0.144. The van der Waals surface area contributed by atoms with E-state index in [2.05, 4.69) is 24.2 Å². The summed E-state index contributed by atoms with van der Waals surface area (Å²) in [6.07, 6.45) is 8.08. The van der Waals surface area contributed by atoms with Crippen molar-refractivity contribution in [1.82, 2.24) is 10.2 Å². The van der Waals surface area contributed by atoms with Crippen LogP contribution in [0, 0.1) is 5.92 Å². The second-order valence-electron chi connectivity index (χ2n) is 7.20. The van der Waals surface area contributed by atoms with Crippen LogP contribution < -0.4 is 5.32 Å². The van der Waals surface area contributed by atoms with Crippen LogP contribution in [0.25, 0.3) is 0 Å². The average Bonchev–Trinajstić information content (AvgIpc) is 3.20. The molecule has 2 aliphatic carbocycles. The summed E-state index contributed by atoms with van der Waals surface area (Å²) in [5.41, 5.74) is -0.766. The zero-order valence-corrected chi connectivity index (χ0v) is 13.2. The molecule has 0 aromatic heterocycles. The van der Waals surface area contributed by atoms with E-state index in [1.807, 2.05) is 6.92 Å². The van der Waals surface area contributed by atoms with Crippen LogP contribution in [0.1, 0.15) is 58.8 Å². The first-order valence-electron chi connectivity index (χ1n) is 8.12. The number of hydrogen-bond acceptors (Lipinski definition) is 3. The van der Waals surface area contributed by atoms with Crippen molar-refractivity contribution in [3.63, 3.8) is 0 Å². The third kappa shape index (κ3) is 4.19. The molecular formula is C16H30N2O2. The molecule has 2 saturated carbocycles. The fourth-order valence-electron chi connectivity index (χ4n) is 3.18. The molecule has 0 bridgehead atoms. The van der Waals surface area contributed by atoms with Gasteiger partial charge in [0.1, 0.15) is 5.54 Å². The number of carbonyl (C=O) groups is 1. The highest BCUT2D eigenvalue weighted by Gasteiger charge is 2.38. The summed E-state index contributed by atoms with van der Waals surface area (Å²) in [6.45, 7) is 5.03. The summed E-state index contributed by atoms with van der Waals surface area (Å²) in [7, 11) is 2.15. The Kier molecular flexibility index (Phi) is 5.08. The Morgan fingerprint density at radius 2 is 1.85 bits per heavy atom. The molecule has 0 heterocycles. The molecule has 4 heteroatoms. The molecule has 1 unspecified atom stereocenters. The highest BCUT2D eigenvalue weighted by atomic mass is 16.4. The lowest BCUT2D eigenvalue weighted by atomic mass is 9.86.